The van der Waals surface area contributed by atoms with Crippen molar-refractivity contribution in [1.29, 1.82) is 0 Å². The lowest BCUT2D eigenvalue weighted by atomic mass is 9.63. The highest BCUT2D eigenvalue weighted by Crippen LogP contribution is 2.45. The number of ether oxygens (including phenoxy) is 1. The summed E-state index contributed by atoms with van der Waals surface area (Å²) in [7, 11) is 1.77. The van der Waals surface area contributed by atoms with E-state index >= 15 is 0 Å². The van der Waals surface area contributed by atoms with Crippen LogP contribution in [0.5, 0.6) is 0 Å². The Morgan fingerprint density at radius 1 is 1.31 bits per heavy atom. The number of aromatic nitrogens is 3. The normalized spacial score (nSPS) is 25.3. The number of methoxy groups -OCH3 is 1. The van der Waals surface area contributed by atoms with Gasteiger partial charge in [0.05, 0.1) is 6.10 Å². The molecule has 1 heterocycles. The number of hydrogen-bond donors (Lipinski definition) is 0. The topological polar surface area (TPSA) is 39.9 Å². The molecule has 1 aliphatic rings. The predicted octanol–water partition coefficient (Wildman–Crippen LogP) is 4.26. The van der Waals surface area contributed by atoms with Gasteiger partial charge in [0, 0.05) is 25.6 Å². The Morgan fingerprint density at radius 3 is 2.77 bits per heavy atom. The molecule has 0 saturated heterocycles. The molecule has 0 bridgehead atoms. The lowest BCUT2D eigenvalue weighted by Gasteiger charge is -2.47. The highest BCUT2D eigenvalue weighted by atomic mass is 19.1. The minimum atomic E-state index is -0.533. The third-order valence-corrected chi connectivity index (χ3v) is 5.84. The van der Waals surface area contributed by atoms with Gasteiger partial charge in [0.1, 0.15) is 24.3 Å². The molecule has 0 spiro atoms. The Bertz CT molecular complexity index is 718. The third kappa shape index (κ3) is 4.11. The van der Waals surface area contributed by atoms with Gasteiger partial charge in [0.15, 0.2) is 0 Å². The van der Waals surface area contributed by atoms with Crippen molar-refractivity contribution in [2.24, 2.45) is 17.3 Å². The molecule has 1 fully saturated rings. The number of nitrogens with zero attached hydrogens (tertiary/aromatic N) is 3. The maximum Gasteiger partial charge on any atom is 0.137 e. The zero-order chi connectivity index (χ0) is 18.7. The van der Waals surface area contributed by atoms with Gasteiger partial charge in [-0.25, -0.2) is 13.8 Å². The number of halogens is 2. The third-order valence-electron chi connectivity index (χ3n) is 5.84. The summed E-state index contributed by atoms with van der Waals surface area (Å²) in [6.45, 7) is 5.22. The molecule has 0 aliphatic heterocycles. The van der Waals surface area contributed by atoms with Gasteiger partial charge in [-0.05, 0) is 48.6 Å². The van der Waals surface area contributed by atoms with Gasteiger partial charge in [-0.2, -0.15) is 5.10 Å². The van der Waals surface area contributed by atoms with Crippen molar-refractivity contribution in [2.75, 3.05) is 7.11 Å². The van der Waals surface area contributed by atoms with Gasteiger partial charge in [-0.15, -0.1) is 0 Å². The molecule has 1 saturated carbocycles. The van der Waals surface area contributed by atoms with E-state index in [9.17, 15) is 8.78 Å². The Hall–Kier alpha value is -1.82. The van der Waals surface area contributed by atoms with Gasteiger partial charge in [-0.3, -0.25) is 4.68 Å². The second kappa shape index (κ2) is 7.82. The minimum absolute atomic E-state index is 0.0810. The lowest BCUT2D eigenvalue weighted by Crippen LogP contribution is -2.47. The molecule has 1 aromatic heterocycles. The quantitative estimate of drug-likeness (QED) is 0.770. The fourth-order valence-electron chi connectivity index (χ4n) is 4.45. The minimum Gasteiger partial charge on any atom is -0.381 e. The molecule has 3 rings (SSSR count). The summed E-state index contributed by atoms with van der Waals surface area (Å²) in [4.78, 5) is 4.04. The average Bonchev–Trinajstić information content (AvgIpc) is 3.08. The first-order valence-electron chi connectivity index (χ1n) is 9.20. The van der Waals surface area contributed by atoms with Crippen molar-refractivity contribution >= 4 is 0 Å². The highest BCUT2D eigenvalue weighted by molar-refractivity contribution is 5.18. The molecule has 26 heavy (non-hydrogen) atoms. The smallest absolute Gasteiger partial charge is 0.137 e. The van der Waals surface area contributed by atoms with Crippen molar-refractivity contribution in [3.05, 3.63) is 48.1 Å². The van der Waals surface area contributed by atoms with E-state index in [1.807, 2.05) is 4.68 Å². The molecular formula is C20H27F2N3O. The first kappa shape index (κ1) is 19.0. The summed E-state index contributed by atoms with van der Waals surface area (Å²) in [5.74, 6) is -0.331. The maximum atomic E-state index is 14.0. The molecule has 6 heteroatoms. The molecule has 4 nitrogen and oxygen atoms in total. The second-order valence-electron chi connectivity index (χ2n) is 8.00. The van der Waals surface area contributed by atoms with Gasteiger partial charge in [0.25, 0.3) is 0 Å². The summed E-state index contributed by atoms with van der Waals surface area (Å²) in [6, 6.07) is 3.84. The largest absolute Gasteiger partial charge is 0.381 e. The van der Waals surface area contributed by atoms with E-state index < -0.39 is 11.6 Å². The Kier molecular flexibility index (Phi) is 5.70. The van der Waals surface area contributed by atoms with Crippen molar-refractivity contribution in [2.45, 2.75) is 52.2 Å². The van der Waals surface area contributed by atoms with Crippen LogP contribution in [0.25, 0.3) is 0 Å². The molecule has 0 amide bonds. The molecule has 0 radical (unpaired) electrons. The van der Waals surface area contributed by atoms with Crippen LogP contribution in [-0.4, -0.2) is 28.0 Å². The Morgan fingerprint density at radius 2 is 2.12 bits per heavy atom. The van der Waals surface area contributed by atoms with Crippen LogP contribution in [0.4, 0.5) is 8.78 Å². The zero-order valence-electron chi connectivity index (χ0n) is 15.7. The van der Waals surface area contributed by atoms with E-state index in [1.165, 1.54) is 6.07 Å². The van der Waals surface area contributed by atoms with Crippen LogP contribution in [0.1, 0.15) is 38.7 Å². The first-order chi connectivity index (χ1) is 12.4. The van der Waals surface area contributed by atoms with E-state index in [1.54, 1.807) is 25.8 Å². The standard InChI is InChI=1S/C20H27F2N3O/c1-20(2)9-8-14(4-5-15-6-7-16(21)10-18(15)22)17(19(20)26-3)11-25-13-23-12-24-25/h6-7,10,12-14,17,19H,4-5,8-9,11H2,1-3H3/t14-,17+,19-/m1/s1. The van der Waals surface area contributed by atoms with Crippen molar-refractivity contribution < 1.29 is 13.5 Å². The molecule has 142 valence electrons. The summed E-state index contributed by atoms with van der Waals surface area (Å²) in [5.41, 5.74) is 0.655. The number of hydrogen-bond acceptors (Lipinski definition) is 3. The van der Waals surface area contributed by atoms with Gasteiger partial charge in [0.2, 0.25) is 0 Å². The van der Waals surface area contributed by atoms with Crippen LogP contribution < -0.4 is 0 Å². The Labute approximate surface area is 153 Å². The summed E-state index contributed by atoms with van der Waals surface area (Å²) >= 11 is 0. The summed E-state index contributed by atoms with van der Waals surface area (Å²) < 4.78 is 34.9. The van der Waals surface area contributed by atoms with E-state index in [-0.39, 0.29) is 17.4 Å². The van der Waals surface area contributed by atoms with Crippen LogP contribution in [0.2, 0.25) is 0 Å². The summed E-state index contributed by atoms with van der Waals surface area (Å²) in [5, 5.41) is 4.25. The molecule has 1 aliphatic carbocycles. The number of rotatable bonds is 6. The van der Waals surface area contributed by atoms with Gasteiger partial charge < -0.3 is 4.74 Å². The van der Waals surface area contributed by atoms with Crippen molar-refractivity contribution in [1.82, 2.24) is 14.8 Å². The van der Waals surface area contributed by atoms with Crippen LogP contribution in [-0.2, 0) is 17.7 Å². The molecular weight excluding hydrogens is 336 g/mol. The molecule has 0 unspecified atom stereocenters. The first-order valence-corrected chi connectivity index (χ1v) is 9.20. The predicted molar refractivity (Wildman–Crippen MR) is 95.5 cm³/mol. The Balaban J connectivity index is 1.76. The zero-order valence-corrected chi connectivity index (χ0v) is 15.7. The van der Waals surface area contributed by atoms with E-state index in [2.05, 4.69) is 23.9 Å². The van der Waals surface area contributed by atoms with Crippen LogP contribution in [0.3, 0.4) is 0 Å². The monoisotopic (exact) mass is 363 g/mol. The highest BCUT2D eigenvalue weighted by Gasteiger charge is 2.44. The van der Waals surface area contributed by atoms with Gasteiger partial charge in [-0.1, -0.05) is 19.9 Å². The van der Waals surface area contributed by atoms with E-state index in [4.69, 9.17) is 4.74 Å². The van der Waals surface area contributed by atoms with Crippen LogP contribution in [0, 0.1) is 28.9 Å². The average molecular weight is 363 g/mol. The van der Waals surface area contributed by atoms with E-state index in [0.717, 1.165) is 31.9 Å². The number of benzene rings is 1. The molecule has 3 atom stereocenters. The SMILES string of the molecule is CO[C@@H]1[C@@H](Cn2cncn2)[C@H](CCc2ccc(F)cc2F)CCC1(C)C. The molecule has 1 aromatic carbocycles. The summed E-state index contributed by atoms with van der Waals surface area (Å²) in [6.07, 6.45) is 6.94. The lowest BCUT2D eigenvalue weighted by molar-refractivity contribution is -0.0926. The van der Waals surface area contributed by atoms with Crippen LogP contribution >= 0.6 is 0 Å². The molecule has 2 aromatic rings. The van der Waals surface area contributed by atoms with Gasteiger partial charge >= 0.3 is 0 Å². The maximum absolute atomic E-state index is 14.0. The fraction of sp³-hybridized carbons (Fsp3) is 0.600. The van der Waals surface area contributed by atoms with E-state index in [0.29, 0.717) is 17.9 Å². The van der Waals surface area contributed by atoms with Crippen molar-refractivity contribution in [3.8, 4) is 0 Å². The fourth-order valence-corrected chi connectivity index (χ4v) is 4.45. The van der Waals surface area contributed by atoms with Crippen molar-refractivity contribution in [3.63, 3.8) is 0 Å². The second-order valence-corrected chi connectivity index (χ2v) is 8.00. The van der Waals surface area contributed by atoms with Crippen LogP contribution in [0.15, 0.2) is 30.9 Å². The molecule has 0 N–H and O–H groups in total. The number of aryl methyl sites for hydroxylation is 1.